The summed E-state index contributed by atoms with van der Waals surface area (Å²) >= 11 is 1.44. The molecule has 11 heteroatoms. The van der Waals surface area contributed by atoms with Gasteiger partial charge in [-0.2, -0.15) is 9.97 Å². The fraction of sp³-hybridized carbons (Fsp3) is 0.500. The summed E-state index contributed by atoms with van der Waals surface area (Å²) in [6.07, 6.45) is 12.8. The van der Waals surface area contributed by atoms with Crippen LogP contribution in [0.3, 0.4) is 0 Å². The van der Waals surface area contributed by atoms with E-state index in [0.717, 1.165) is 77.7 Å². The molecule has 4 fully saturated rings. The van der Waals surface area contributed by atoms with Gasteiger partial charge in [0, 0.05) is 55.1 Å². The van der Waals surface area contributed by atoms with E-state index in [1.165, 1.54) is 30.1 Å². The molecule has 5 aliphatic rings. The van der Waals surface area contributed by atoms with E-state index in [-0.39, 0.29) is 40.2 Å². The zero-order valence-electron chi connectivity index (χ0n) is 26.9. The Bertz CT molecular complexity index is 1820. The Labute approximate surface area is 278 Å². The second-order valence-corrected chi connectivity index (χ2v) is 15.4. The van der Waals surface area contributed by atoms with Crippen LogP contribution in [0.5, 0.6) is 11.8 Å². The summed E-state index contributed by atoms with van der Waals surface area (Å²) in [7, 11) is 4.12. The number of benzene rings is 2. The predicted octanol–water partition coefficient (Wildman–Crippen LogP) is 6.04. The minimum absolute atomic E-state index is 0.0397. The van der Waals surface area contributed by atoms with Crippen molar-refractivity contribution in [3.8, 4) is 24.1 Å². The predicted molar refractivity (Wildman–Crippen MR) is 181 cm³/mol. The fourth-order valence-corrected chi connectivity index (χ4v) is 8.89. The summed E-state index contributed by atoms with van der Waals surface area (Å²) in [4.78, 5) is 14.8. The first-order chi connectivity index (χ1) is 22.7. The number of hydrogen-bond donors (Lipinski definition) is 2. The molecule has 0 radical (unpaired) electrons. The molecule has 0 bridgehead atoms. The number of aromatic nitrogens is 2. The number of anilines is 1. The van der Waals surface area contributed by atoms with Crippen LogP contribution in [-0.4, -0.2) is 83.7 Å². The topological polar surface area (TPSA) is 77.0 Å². The number of phenols is 1. The van der Waals surface area contributed by atoms with Gasteiger partial charge in [-0.3, -0.25) is 0 Å². The normalized spacial score (nSPS) is 21.4. The maximum absolute atomic E-state index is 17.5. The summed E-state index contributed by atoms with van der Waals surface area (Å²) in [5.74, 6) is 2.01. The number of ether oxygens (including phenoxy) is 1. The molecule has 0 atom stereocenters. The van der Waals surface area contributed by atoms with Gasteiger partial charge in [-0.15, -0.1) is 6.42 Å². The smallest absolute Gasteiger partial charge is 0.319 e. The van der Waals surface area contributed by atoms with Gasteiger partial charge in [-0.05, 0) is 100.0 Å². The fourth-order valence-electron chi connectivity index (χ4n) is 7.59. The molecular formula is C36H40F2N6O2S. The molecule has 8 rings (SSSR count). The molecular weight excluding hydrogens is 618 g/mol. The third kappa shape index (κ3) is 5.38. The molecule has 3 aromatic rings. The average molecular weight is 659 g/mol. The zero-order chi connectivity index (χ0) is 32.5. The molecule has 4 heterocycles. The van der Waals surface area contributed by atoms with Crippen molar-refractivity contribution in [2.45, 2.75) is 55.9 Å². The first-order valence-corrected chi connectivity index (χ1v) is 17.4. The molecule has 1 spiro atoms. The van der Waals surface area contributed by atoms with Crippen molar-refractivity contribution in [1.82, 2.24) is 24.5 Å². The van der Waals surface area contributed by atoms with E-state index in [1.54, 1.807) is 6.07 Å². The number of nitrogens with one attached hydrogen (secondary N) is 1. The molecule has 8 nitrogen and oxygen atoms in total. The maximum Gasteiger partial charge on any atom is 0.319 e. The molecule has 2 N–H and O–H groups in total. The monoisotopic (exact) mass is 658 g/mol. The molecule has 2 aromatic carbocycles. The standard InChI is InChI=1S/C36H40F2N6O2S/c1-4-25-27(37)9-8-22-16-24(45)17-26(28(22)25)31-29(38)30-32(47-44(31)23-6-5-7-23)33(43-14-12-35(13-15-43)18-39-19-35)41-34(40-30)46-21-36(10-11-36)20-42(2)3/h1,8-9,16-17,23,39,45H,5-7,10-15,18-21H2,2-3H3. The van der Waals surface area contributed by atoms with Crippen LogP contribution in [0.1, 0.15) is 61.8 Å². The Hall–Kier alpha value is -3.59. The van der Waals surface area contributed by atoms with Crippen LogP contribution in [0.4, 0.5) is 14.6 Å². The lowest BCUT2D eigenvalue weighted by Gasteiger charge is -2.49. The van der Waals surface area contributed by atoms with E-state index in [4.69, 9.17) is 21.1 Å². The van der Waals surface area contributed by atoms with Crippen molar-refractivity contribution in [3.63, 3.8) is 0 Å². The second kappa shape index (κ2) is 11.5. The lowest BCUT2D eigenvalue weighted by Crippen LogP contribution is -2.58. The zero-order valence-corrected chi connectivity index (χ0v) is 27.7. The number of halogens is 2. The Morgan fingerprint density at radius 2 is 1.89 bits per heavy atom. The van der Waals surface area contributed by atoms with E-state index in [9.17, 15) is 5.11 Å². The van der Waals surface area contributed by atoms with Crippen LogP contribution in [0.15, 0.2) is 29.2 Å². The molecule has 2 aliphatic carbocycles. The van der Waals surface area contributed by atoms with Crippen molar-refractivity contribution in [2.24, 2.45) is 10.8 Å². The molecule has 0 unspecified atom stereocenters. The van der Waals surface area contributed by atoms with Gasteiger partial charge in [0.1, 0.15) is 22.2 Å². The Morgan fingerprint density at radius 3 is 2.51 bits per heavy atom. The van der Waals surface area contributed by atoms with Gasteiger partial charge < -0.3 is 29.3 Å². The minimum Gasteiger partial charge on any atom is -0.508 e. The molecule has 47 heavy (non-hydrogen) atoms. The van der Waals surface area contributed by atoms with Crippen molar-refractivity contribution in [3.05, 3.63) is 46.9 Å². The van der Waals surface area contributed by atoms with Crippen LogP contribution in [0.2, 0.25) is 0 Å². The van der Waals surface area contributed by atoms with Gasteiger partial charge in [0.2, 0.25) is 0 Å². The summed E-state index contributed by atoms with van der Waals surface area (Å²) in [6, 6.07) is 6.09. The molecule has 2 saturated heterocycles. The highest BCUT2D eigenvalue weighted by Crippen LogP contribution is 2.54. The molecule has 0 amide bonds. The quantitative estimate of drug-likeness (QED) is 0.223. The largest absolute Gasteiger partial charge is 0.508 e. The first kappa shape index (κ1) is 30.7. The molecule has 246 valence electrons. The summed E-state index contributed by atoms with van der Waals surface area (Å²) in [5.41, 5.74) is 1.17. The van der Waals surface area contributed by atoms with Crippen LogP contribution in [0, 0.1) is 29.0 Å². The molecule has 3 aliphatic heterocycles. The lowest BCUT2D eigenvalue weighted by molar-refractivity contribution is 0.125. The number of aromatic hydroxyl groups is 1. The highest BCUT2D eigenvalue weighted by Gasteiger charge is 2.45. The van der Waals surface area contributed by atoms with E-state index < -0.39 is 11.6 Å². The van der Waals surface area contributed by atoms with Gasteiger partial charge in [0.15, 0.2) is 11.6 Å². The van der Waals surface area contributed by atoms with Crippen molar-refractivity contribution in [1.29, 1.82) is 0 Å². The number of phenolic OH excluding ortho intramolecular Hbond substituents is 1. The van der Waals surface area contributed by atoms with Crippen LogP contribution < -0.4 is 15.0 Å². The highest BCUT2D eigenvalue weighted by molar-refractivity contribution is 7.97. The van der Waals surface area contributed by atoms with Gasteiger partial charge in [-0.25, -0.2) is 8.78 Å². The van der Waals surface area contributed by atoms with E-state index in [0.29, 0.717) is 39.1 Å². The van der Waals surface area contributed by atoms with Crippen LogP contribution in [0.25, 0.3) is 22.3 Å². The highest BCUT2D eigenvalue weighted by atomic mass is 32.2. The van der Waals surface area contributed by atoms with Gasteiger partial charge in [-0.1, -0.05) is 12.0 Å². The first-order valence-electron chi connectivity index (χ1n) is 16.6. The second-order valence-electron chi connectivity index (χ2n) is 14.4. The average Bonchev–Trinajstić information content (AvgIpc) is 3.77. The molecule has 2 saturated carbocycles. The number of rotatable bonds is 8. The number of nitrogens with zero attached hydrogens (tertiary/aromatic N) is 5. The van der Waals surface area contributed by atoms with Crippen molar-refractivity contribution in [2.75, 3.05) is 58.3 Å². The summed E-state index contributed by atoms with van der Waals surface area (Å²) < 4.78 is 40.9. The number of piperidine rings is 1. The SMILES string of the molecule is C#Cc1c(F)ccc2cc(O)cc(C3=C(F)c4nc(OCC5(CN(C)C)CC5)nc(N5CCC6(CC5)CNC6)c4SN3C3CCC3)c12. The van der Waals surface area contributed by atoms with E-state index in [1.807, 2.05) is 4.31 Å². The van der Waals surface area contributed by atoms with Gasteiger partial charge in [0.25, 0.3) is 0 Å². The Balaban J connectivity index is 1.28. The lowest BCUT2D eigenvalue weighted by atomic mass is 9.73. The number of fused-ring (bicyclic) bond motifs is 2. The summed E-state index contributed by atoms with van der Waals surface area (Å²) in [5, 5.41) is 15.2. The third-order valence-electron chi connectivity index (χ3n) is 10.8. The Morgan fingerprint density at radius 1 is 1.13 bits per heavy atom. The third-order valence-corrected chi connectivity index (χ3v) is 12.0. The maximum atomic E-state index is 17.5. The van der Waals surface area contributed by atoms with Crippen molar-refractivity contribution < 1.29 is 18.6 Å². The minimum atomic E-state index is -0.566. The van der Waals surface area contributed by atoms with Crippen molar-refractivity contribution >= 4 is 40.1 Å². The van der Waals surface area contributed by atoms with Gasteiger partial charge in [0.05, 0.1) is 17.9 Å². The van der Waals surface area contributed by atoms with Crippen LogP contribution in [-0.2, 0) is 0 Å². The van der Waals surface area contributed by atoms with Gasteiger partial charge >= 0.3 is 6.01 Å². The number of hydrogen-bond acceptors (Lipinski definition) is 9. The van der Waals surface area contributed by atoms with Crippen LogP contribution >= 0.6 is 11.9 Å². The van der Waals surface area contributed by atoms with E-state index >= 15 is 8.78 Å². The Kier molecular flexibility index (Phi) is 7.54. The number of terminal acetylenes is 1. The van der Waals surface area contributed by atoms with E-state index in [2.05, 4.69) is 35.1 Å². The summed E-state index contributed by atoms with van der Waals surface area (Å²) in [6.45, 7) is 5.07. The molecule has 1 aromatic heterocycles.